The lowest BCUT2D eigenvalue weighted by Crippen LogP contribution is -2.25. The topological polar surface area (TPSA) is 107 Å². The number of rotatable bonds is 5. The fourth-order valence-corrected chi connectivity index (χ4v) is 4.03. The first-order chi connectivity index (χ1) is 18.9. The van der Waals surface area contributed by atoms with Crippen LogP contribution in [0.1, 0.15) is 34.7 Å². The molecule has 5 rings (SSSR count). The summed E-state index contributed by atoms with van der Waals surface area (Å²) < 4.78 is 0. The zero-order valence-electron chi connectivity index (χ0n) is 21.9. The van der Waals surface area contributed by atoms with Crippen molar-refractivity contribution in [2.75, 3.05) is 7.11 Å². The van der Waals surface area contributed by atoms with Crippen molar-refractivity contribution in [2.45, 2.75) is 12.3 Å². The molecule has 6 heteroatoms. The minimum Gasteiger partial charge on any atom is -0.508 e. The monoisotopic (exact) mass is 520 g/mol. The Balaban J connectivity index is 0.000000224. The van der Waals surface area contributed by atoms with Gasteiger partial charge in [0.2, 0.25) is 0 Å². The molecule has 0 fully saturated rings. The Kier molecular flexibility index (Phi) is 10.4. The molecule has 5 aromatic rings. The van der Waals surface area contributed by atoms with Gasteiger partial charge in [-0.1, -0.05) is 48.6 Å². The number of aliphatic hydroxyl groups excluding tert-OH is 1. The van der Waals surface area contributed by atoms with Crippen LogP contribution >= 0.6 is 0 Å². The highest BCUT2D eigenvalue weighted by atomic mass is 16.3. The van der Waals surface area contributed by atoms with Gasteiger partial charge in [0.25, 0.3) is 0 Å². The number of aromatic hydroxyl groups is 3. The smallest absolute Gasteiger partial charge is 0.115 e. The van der Waals surface area contributed by atoms with Gasteiger partial charge in [-0.25, -0.2) is 0 Å². The zero-order chi connectivity index (χ0) is 28.1. The van der Waals surface area contributed by atoms with Crippen LogP contribution in [0.25, 0.3) is 12.2 Å². The van der Waals surface area contributed by atoms with E-state index in [2.05, 4.69) is 29.0 Å². The average molecular weight is 521 g/mol. The number of phenols is 3. The van der Waals surface area contributed by atoms with Crippen LogP contribution in [-0.4, -0.2) is 37.5 Å². The zero-order valence-corrected chi connectivity index (χ0v) is 21.9. The molecule has 0 saturated heterocycles. The van der Waals surface area contributed by atoms with Crippen molar-refractivity contribution < 1.29 is 20.4 Å². The van der Waals surface area contributed by atoms with E-state index < -0.39 is 5.41 Å². The molecule has 0 aliphatic heterocycles. The second kappa shape index (κ2) is 14.1. The van der Waals surface area contributed by atoms with Gasteiger partial charge in [0.1, 0.15) is 17.2 Å². The lowest BCUT2D eigenvalue weighted by molar-refractivity contribution is 0.399. The highest BCUT2D eigenvalue weighted by Gasteiger charge is 2.31. The van der Waals surface area contributed by atoms with Crippen molar-refractivity contribution in [1.82, 2.24) is 9.97 Å². The summed E-state index contributed by atoms with van der Waals surface area (Å²) in [6.07, 6.45) is 11.2. The van der Waals surface area contributed by atoms with Crippen LogP contribution < -0.4 is 0 Å². The third-order valence-corrected chi connectivity index (χ3v) is 6.21. The van der Waals surface area contributed by atoms with Crippen LogP contribution in [0.3, 0.4) is 0 Å². The van der Waals surface area contributed by atoms with Crippen LogP contribution in [0.4, 0.5) is 0 Å². The van der Waals surface area contributed by atoms with Crippen LogP contribution in [0, 0.1) is 0 Å². The lowest BCUT2D eigenvalue weighted by Gasteiger charge is -2.32. The van der Waals surface area contributed by atoms with E-state index in [1.165, 1.54) is 0 Å². The molecule has 2 aromatic heterocycles. The molecule has 0 bridgehead atoms. The molecule has 4 N–H and O–H groups in total. The Bertz CT molecular complexity index is 1270. The molecule has 0 aliphatic rings. The fourth-order valence-electron chi connectivity index (χ4n) is 4.03. The van der Waals surface area contributed by atoms with Crippen LogP contribution in [0.2, 0.25) is 0 Å². The molecule has 198 valence electrons. The molecular formula is C33H32N2O4. The van der Waals surface area contributed by atoms with Crippen LogP contribution in [0.15, 0.2) is 122 Å². The Morgan fingerprint density at radius 3 is 0.974 bits per heavy atom. The van der Waals surface area contributed by atoms with Crippen LogP contribution in [0.5, 0.6) is 17.2 Å². The average Bonchev–Trinajstić information content (AvgIpc) is 2.99. The molecule has 39 heavy (non-hydrogen) atoms. The van der Waals surface area contributed by atoms with Gasteiger partial charge in [0, 0.05) is 37.3 Å². The van der Waals surface area contributed by atoms with Gasteiger partial charge >= 0.3 is 0 Å². The molecule has 0 radical (unpaired) electrons. The standard InChI is InChI=1S/C20H18O3.C12H10N2.CH4O/c1-20(14-2-8-17(21)9-3-14,15-4-10-18(22)11-5-15)16-6-12-19(23)13-7-16;1(11-3-7-13-8-4-11)2-12-5-9-14-10-6-12;1-2/h2-13,21-23H,1H3;1-10H;2H,1H3/b;2-1+;. The van der Waals surface area contributed by atoms with Crippen molar-refractivity contribution in [3.63, 3.8) is 0 Å². The summed E-state index contributed by atoms with van der Waals surface area (Å²) in [5, 5.41) is 35.7. The Morgan fingerprint density at radius 2 is 0.718 bits per heavy atom. The normalized spacial score (nSPS) is 10.6. The largest absolute Gasteiger partial charge is 0.508 e. The molecule has 0 atom stereocenters. The highest BCUT2D eigenvalue weighted by molar-refractivity contribution is 5.68. The van der Waals surface area contributed by atoms with Gasteiger partial charge in [-0.3, -0.25) is 9.97 Å². The molecule has 2 heterocycles. The summed E-state index contributed by atoms with van der Waals surface area (Å²) in [5.74, 6) is 0.646. The van der Waals surface area contributed by atoms with E-state index >= 15 is 0 Å². The maximum Gasteiger partial charge on any atom is 0.115 e. The van der Waals surface area contributed by atoms with Gasteiger partial charge in [0.15, 0.2) is 0 Å². The lowest BCUT2D eigenvalue weighted by atomic mass is 9.71. The number of hydrogen-bond donors (Lipinski definition) is 4. The molecule has 0 unspecified atom stereocenters. The molecule has 0 aliphatic carbocycles. The number of hydrogen-bond acceptors (Lipinski definition) is 6. The van der Waals surface area contributed by atoms with Crippen LogP contribution in [-0.2, 0) is 5.41 Å². The Hall–Kier alpha value is -4.94. The third kappa shape index (κ3) is 7.77. The summed E-state index contributed by atoms with van der Waals surface area (Å²) in [5.41, 5.74) is 4.84. The van der Waals surface area contributed by atoms with E-state index in [1.807, 2.05) is 60.7 Å². The summed E-state index contributed by atoms with van der Waals surface area (Å²) >= 11 is 0. The predicted molar refractivity (Wildman–Crippen MR) is 155 cm³/mol. The van der Waals surface area contributed by atoms with Gasteiger partial charge in [0.05, 0.1) is 0 Å². The van der Waals surface area contributed by atoms with Gasteiger partial charge < -0.3 is 20.4 Å². The number of benzene rings is 3. The Labute approximate surface area is 228 Å². The fraction of sp³-hybridized carbons (Fsp3) is 0.0909. The first kappa shape index (κ1) is 28.6. The highest BCUT2D eigenvalue weighted by Crippen LogP contribution is 2.40. The number of aliphatic hydroxyl groups is 1. The van der Waals surface area contributed by atoms with Gasteiger partial charge in [-0.15, -0.1) is 0 Å². The molecule has 0 spiro atoms. The third-order valence-electron chi connectivity index (χ3n) is 6.21. The minimum absolute atomic E-state index is 0.215. The molecule has 0 saturated carbocycles. The summed E-state index contributed by atoms with van der Waals surface area (Å²) in [6.45, 7) is 2.08. The molecule has 3 aromatic carbocycles. The van der Waals surface area contributed by atoms with Crippen molar-refractivity contribution in [1.29, 1.82) is 0 Å². The number of nitrogens with zero attached hydrogens (tertiary/aromatic N) is 2. The minimum atomic E-state index is -0.477. The summed E-state index contributed by atoms with van der Waals surface area (Å²) in [6, 6.07) is 29.2. The summed E-state index contributed by atoms with van der Waals surface area (Å²) in [4.78, 5) is 7.91. The molecule has 6 nitrogen and oxygen atoms in total. The SMILES string of the molecule is C(=C\c1ccncc1)/c1ccncc1.CC(c1ccc(O)cc1)(c1ccc(O)cc1)c1ccc(O)cc1.CO. The van der Waals surface area contributed by atoms with Crippen molar-refractivity contribution in [3.8, 4) is 17.2 Å². The van der Waals surface area contributed by atoms with E-state index in [9.17, 15) is 15.3 Å². The van der Waals surface area contributed by atoms with E-state index in [0.717, 1.165) is 34.9 Å². The second-order valence-electron chi connectivity index (χ2n) is 8.66. The number of pyridine rings is 2. The maximum absolute atomic E-state index is 9.57. The van der Waals surface area contributed by atoms with E-state index in [0.29, 0.717) is 0 Å². The Morgan fingerprint density at radius 1 is 0.462 bits per heavy atom. The number of aromatic nitrogens is 2. The van der Waals surface area contributed by atoms with Gasteiger partial charge in [-0.05, 0) is 95.4 Å². The summed E-state index contributed by atoms with van der Waals surface area (Å²) in [7, 11) is 1.00. The van der Waals surface area contributed by atoms with Crippen molar-refractivity contribution >= 4 is 12.2 Å². The van der Waals surface area contributed by atoms with Crippen molar-refractivity contribution in [3.05, 3.63) is 150 Å². The number of phenolic OH excluding ortho intramolecular Hbond substituents is 3. The van der Waals surface area contributed by atoms with E-state index in [-0.39, 0.29) is 17.2 Å². The first-order valence-corrected chi connectivity index (χ1v) is 12.3. The van der Waals surface area contributed by atoms with Crippen molar-refractivity contribution in [2.24, 2.45) is 0 Å². The molecular weight excluding hydrogens is 488 g/mol. The predicted octanol–water partition coefficient (Wildman–Crippen LogP) is 6.41. The van der Waals surface area contributed by atoms with E-state index in [4.69, 9.17) is 5.11 Å². The molecule has 0 amide bonds. The van der Waals surface area contributed by atoms with E-state index in [1.54, 1.807) is 61.2 Å². The maximum atomic E-state index is 9.57. The quantitative estimate of drug-likeness (QED) is 0.199. The second-order valence-corrected chi connectivity index (χ2v) is 8.66. The van der Waals surface area contributed by atoms with Gasteiger partial charge in [-0.2, -0.15) is 0 Å². The first-order valence-electron chi connectivity index (χ1n) is 12.3.